The molecule has 0 aliphatic carbocycles. The number of nitrogens with one attached hydrogen (secondary N) is 1. The summed E-state index contributed by atoms with van der Waals surface area (Å²) in [6.07, 6.45) is 1.68. The van der Waals surface area contributed by atoms with E-state index < -0.39 is 0 Å². The normalized spacial score (nSPS) is 14.3. The predicted octanol–water partition coefficient (Wildman–Crippen LogP) is 5.45. The van der Waals surface area contributed by atoms with E-state index in [-0.39, 0.29) is 35.9 Å². The highest BCUT2D eigenvalue weighted by atomic mass is 32.2. The molecule has 3 aromatic carbocycles. The van der Waals surface area contributed by atoms with Crippen molar-refractivity contribution in [3.8, 4) is 34.2 Å². The fourth-order valence-corrected chi connectivity index (χ4v) is 6.59. The van der Waals surface area contributed by atoms with Crippen molar-refractivity contribution in [2.24, 2.45) is 0 Å². The zero-order chi connectivity index (χ0) is 32.0. The summed E-state index contributed by atoms with van der Waals surface area (Å²) < 4.78 is 18.3. The second-order valence-corrected chi connectivity index (χ2v) is 11.5. The van der Waals surface area contributed by atoms with Gasteiger partial charge in [-0.2, -0.15) is 5.10 Å². The van der Waals surface area contributed by atoms with E-state index in [1.165, 1.54) is 11.8 Å². The van der Waals surface area contributed by atoms with Crippen LogP contribution in [0.15, 0.2) is 97.2 Å². The molecule has 2 aromatic heterocycles. The molecule has 46 heavy (non-hydrogen) atoms. The van der Waals surface area contributed by atoms with Gasteiger partial charge in [-0.25, -0.2) is 4.68 Å². The summed E-state index contributed by atoms with van der Waals surface area (Å²) in [6, 6.07) is 28.6. The van der Waals surface area contributed by atoms with E-state index in [0.29, 0.717) is 34.4 Å². The van der Waals surface area contributed by atoms with Gasteiger partial charge in [-0.3, -0.25) is 19.5 Å². The second kappa shape index (κ2) is 13.8. The number of nitrogens with zero attached hydrogens (tertiary/aromatic N) is 4. The van der Waals surface area contributed by atoms with Gasteiger partial charge in [0.15, 0.2) is 11.5 Å². The molecule has 1 unspecified atom stereocenters. The fourth-order valence-electron chi connectivity index (χ4n) is 5.40. The van der Waals surface area contributed by atoms with Crippen LogP contribution in [0.25, 0.3) is 16.9 Å². The first-order valence-corrected chi connectivity index (χ1v) is 15.7. The van der Waals surface area contributed by atoms with Crippen LogP contribution in [0.1, 0.15) is 22.1 Å². The molecule has 0 fully saturated rings. The summed E-state index contributed by atoms with van der Waals surface area (Å²) in [6.45, 7) is 0.0402. The zero-order valence-corrected chi connectivity index (χ0v) is 26.5. The molecule has 6 rings (SSSR count). The summed E-state index contributed by atoms with van der Waals surface area (Å²) in [5, 5.41) is 7.73. The minimum Gasteiger partial charge on any atom is -0.497 e. The van der Waals surface area contributed by atoms with Crippen LogP contribution < -0.4 is 24.4 Å². The summed E-state index contributed by atoms with van der Waals surface area (Å²) >= 11 is 1.48. The topological polar surface area (TPSA) is 108 Å². The number of hydrogen-bond donors (Lipinski definition) is 1. The minimum absolute atomic E-state index is 0.137. The molecule has 5 aromatic rings. The van der Waals surface area contributed by atoms with Crippen molar-refractivity contribution in [1.29, 1.82) is 0 Å². The van der Waals surface area contributed by atoms with Gasteiger partial charge in [-0.15, -0.1) is 11.8 Å². The highest BCUT2D eigenvalue weighted by Crippen LogP contribution is 2.49. The lowest BCUT2D eigenvalue weighted by molar-refractivity contribution is -0.123. The highest BCUT2D eigenvalue weighted by molar-refractivity contribution is 8.00. The molecule has 0 bridgehead atoms. The third-order valence-corrected chi connectivity index (χ3v) is 8.91. The van der Waals surface area contributed by atoms with Gasteiger partial charge in [0, 0.05) is 17.3 Å². The molecule has 0 spiro atoms. The first kappa shape index (κ1) is 30.7. The number of pyridine rings is 1. The third-order valence-electron chi connectivity index (χ3n) is 7.66. The monoisotopic (exact) mass is 635 g/mol. The number of carbonyl (C=O) groups excluding carboxylic acids is 2. The Kier molecular flexibility index (Phi) is 9.20. The fraction of sp³-hybridized carbons (Fsp3) is 0.200. The lowest BCUT2D eigenvalue weighted by atomic mass is 9.99. The van der Waals surface area contributed by atoms with Crippen molar-refractivity contribution in [1.82, 2.24) is 20.1 Å². The Bertz CT molecular complexity index is 1830. The number of ether oxygens (including phenoxy) is 3. The lowest BCUT2D eigenvalue weighted by Gasteiger charge is -2.23. The lowest BCUT2D eigenvalue weighted by Crippen LogP contribution is -2.42. The number of thioether (sulfide) groups is 1. The molecule has 1 aliphatic rings. The van der Waals surface area contributed by atoms with Gasteiger partial charge in [0.2, 0.25) is 11.8 Å². The van der Waals surface area contributed by atoms with Crippen LogP contribution in [0.2, 0.25) is 0 Å². The zero-order valence-electron chi connectivity index (χ0n) is 25.7. The van der Waals surface area contributed by atoms with E-state index in [9.17, 15) is 9.59 Å². The second-order valence-electron chi connectivity index (χ2n) is 10.4. The molecule has 0 saturated heterocycles. The number of carbonyl (C=O) groups is 2. The molecule has 1 aliphatic heterocycles. The van der Waals surface area contributed by atoms with E-state index in [0.717, 1.165) is 22.4 Å². The summed E-state index contributed by atoms with van der Waals surface area (Å²) in [7, 11) is 4.80. The SMILES string of the molecule is COc1ccc(-n2nc(-c3ccccc3)c3c2N(CC(=O)NCc2ccccn2)C(=O)CSC3c2ccc(OC)c(OC)c2)cc1. The number of benzene rings is 3. The molecule has 0 radical (unpaired) electrons. The molecule has 11 heteroatoms. The van der Waals surface area contributed by atoms with Crippen molar-refractivity contribution in [3.63, 3.8) is 0 Å². The van der Waals surface area contributed by atoms with Crippen LogP contribution in [0.3, 0.4) is 0 Å². The van der Waals surface area contributed by atoms with Crippen molar-refractivity contribution < 1.29 is 23.8 Å². The molecule has 1 atom stereocenters. The van der Waals surface area contributed by atoms with Crippen molar-refractivity contribution in [3.05, 3.63) is 114 Å². The first-order valence-electron chi connectivity index (χ1n) is 14.6. The summed E-state index contributed by atoms with van der Waals surface area (Å²) in [5.74, 6) is 1.99. The van der Waals surface area contributed by atoms with Crippen molar-refractivity contribution in [2.45, 2.75) is 11.8 Å². The van der Waals surface area contributed by atoms with E-state index >= 15 is 0 Å². The quantitative estimate of drug-likeness (QED) is 0.216. The van der Waals surface area contributed by atoms with Crippen LogP contribution in [0.4, 0.5) is 5.82 Å². The summed E-state index contributed by atoms with van der Waals surface area (Å²) in [4.78, 5) is 33.3. The molecule has 3 heterocycles. The molecule has 0 saturated carbocycles. The van der Waals surface area contributed by atoms with E-state index in [2.05, 4.69) is 10.3 Å². The van der Waals surface area contributed by atoms with Crippen LogP contribution in [0.5, 0.6) is 17.2 Å². The first-order chi connectivity index (χ1) is 22.5. The third kappa shape index (κ3) is 6.27. The van der Waals surface area contributed by atoms with E-state index in [1.54, 1.807) is 37.1 Å². The Morgan fingerprint density at radius 3 is 2.37 bits per heavy atom. The molecule has 234 valence electrons. The van der Waals surface area contributed by atoms with Gasteiger partial charge in [-0.1, -0.05) is 42.5 Å². The number of anilines is 1. The van der Waals surface area contributed by atoms with Gasteiger partial charge in [0.1, 0.15) is 18.1 Å². The molecule has 1 N–H and O–H groups in total. The number of rotatable bonds is 10. The Balaban J connectivity index is 1.53. The Morgan fingerprint density at radius 2 is 1.67 bits per heavy atom. The van der Waals surface area contributed by atoms with E-state index in [1.807, 2.05) is 91.0 Å². The smallest absolute Gasteiger partial charge is 0.240 e. The van der Waals surface area contributed by atoms with Gasteiger partial charge in [0.05, 0.1) is 56.0 Å². The Morgan fingerprint density at radius 1 is 0.913 bits per heavy atom. The van der Waals surface area contributed by atoms with Crippen molar-refractivity contribution in [2.75, 3.05) is 38.5 Å². The Labute approximate surface area is 271 Å². The molecule has 2 amide bonds. The Hall–Kier alpha value is -5.29. The number of methoxy groups -OCH3 is 3. The molecular formula is C35H33N5O5S. The van der Waals surface area contributed by atoms with Gasteiger partial charge < -0.3 is 19.5 Å². The predicted molar refractivity (Wildman–Crippen MR) is 178 cm³/mol. The number of amides is 2. The van der Waals surface area contributed by atoms with Gasteiger partial charge >= 0.3 is 0 Å². The number of fused-ring (bicyclic) bond motifs is 1. The minimum atomic E-state index is -0.331. The largest absolute Gasteiger partial charge is 0.497 e. The number of aromatic nitrogens is 3. The van der Waals surface area contributed by atoms with Crippen LogP contribution >= 0.6 is 11.8 Å². The van der Waals surface area contributed by atoms with Gasteiger partial charge in [0.25, 0.3) is 0 Å². The molecular weight excluding hydrogens is 602 g/mol. The summed E-state index contributed by atoms with van der Waals surface area (Å²) in [5.41, 5.74) is 4.73. The van der Waals surface area contributed by atoms with Crippen molar-refractivity contribution >= 4 is 29.4 Å². The molecule has 10 nitrogen and oxygen atoms in total. The van der Waals surface area contributed by atoms with Crippen LogP contribution in [-0.2, 0) is 16.1 Å². The maximum absolute atomic E-state index is 14.0. The van der Waals surface area contributed by atoms with Crippen LogP contribution in [0, 0.1) is 0 Å². The maximum Gasteiger partial charge on any atom is 0.240 e. The van der Waals surface area contributed by atoms with E-state index in [4.69, 9.17) is 19.3 Å². The average Bonchev–Trinajstić information content (AvgIpc) is 3.44. The van der Waals surface area contributed by atoms with Crippen LogP contribution in [-0.4, -0.2) is 60.2 Å². The maximum atomic E-state index is 14.0. The standard InChI is InChI=1S/C35H33N5O5S/c1-43-27-15-13-26(14-16-27)40-35-32(33(38-40)23-9-5-4-6-10-23)34(24-12-17-28(44-2)29(19-24)45-3)46-22-31(42)39(35)21-30(41)37-20-25-11-7-8-18-36-25/h4-19,34H,20-22H2,1-3H3,(H,37,41). The van der Waals surface area contributed by atoms with Gasteiger partial charge in [-0.05, 0) is 54.1 Å². The average molecular weight is 636 g/mol. The highest BCUT2D eigenvalue weighted by Gasteiger charge is 2.38. The number of hydrogen-bond acceptors (Lipinski definition) is 8.